The highest BCUT2D eigenvalue weighted by Crippen LogP contribution is 2.28. The fourth-order valence-corrected chi connectivity index (χ4v) is 1.36. The van der Waals surface area contributed by atoms with Crippen LogP contribution in [0, 0.1) is 5.82 Å². The van der Waals surface area contributed by atoms with E-state index in [1.807, 2.05) is 0 Å². The maximum Gasteiger partial charge on any atom is 0.159 e. The molecule has 0 radical (unpaired) electrons. The Balaban J connectivity index is 0.00000169. The minimum atomic E-state index is -0.383. The van der Waals surface area contributed by atoms with Gasteiger partial charge in [-0.05, 0) is 34.3 Å². The largest absolute Gasteiger partial charge is 0.378 e. The maximum atomic E-state index is 13.1. The summed E-state index contributed by atoms with van der Waals surface area (Å²) < 4.78 is 13.7. The molecular formula is C8H9BrFIN2S. The van der Waals surface area contributed by atoms with Crippen molar-refractivity contribution in [2.45, 2.75) is 0 Å². The Morgan fingerprint density at radius 3 is 2.71 bits per heavy atom. The Kier molecular flexibility index (Phi) is 6.71. The van der Waals surface area contributed by atoms with Crippen LogP contribution in [0.4, 0.5) is 10.1 Å². The van der Waals surface area contributed by atoms with Crippen molar-refractivity contribution < 1.29 is 4.39 Å². The molecule has 0 aromatic heterocycles. The van der Waals surface area contributed by atoms with Crippen LogP contribution in [0.15, 0.2) is 27.7 Å². The number of thioether (sulfide) groups is 1. The van der Waals surface area contributed by atoms with Crippen LogP contribution in [0.1, 0.15) is 0 Å². The first-order chi connectivity index (χ1) is 6.15. The number of benzene rings is 1. The fraction of sp³-hybridized carbons (Fsp3) is 0.125. The molecule has 0 spiro atoms. The van der Waals surface area contributed by atoms with Crippen LogP contribution in [-0.4, -0.2) is 11.4 Å². The highest BCUT2D eigenvalue weighted by molar-refractivity contribution is 14.0. The van der Waals surface area contributed by atoms with Crippen LogP contribution in [0.5, 0.6) is 0 Å². The summed E-state index contributed by atoms with van der Waals surface area (Å²) in [5.41, 5.74) is 5.71. The number of nitrogens with two attached hydrogens (primary N) is 1. The molecule has 14 heavy (non-hydrogen) atoms. The van der Waals surface area contributed by atoms with Crippen LogP contribution >= 0.6 is 51.7 Å². The standard InChI is InChI=1S/C8H8BrFN2S.HI/c1-13-8(11)12-7-5(9)3-2-4-6(7)10;/h2-4H,1H3,(H2,11,12);1H. The predicted molar refractivity (Wildman–Crippen MR) is 74.3 cm³/mol. The summed E-state index contributed by atoms with van der Waals surface area (Å²) in [6.07, 6.45) is 1.79. The number of amidine groups is 1. The minimum Gasteiger partial charge on any atom is -0.378 e. The smallest absolute Gasteiger partial charge is 0.159 e. The third-order valence-corrected chi connectivity index (χ3v) is 2.52. The summed E-state index contributed by atoms with van der Waals surface area (Å²) in [4.78, 5) is 3.91. The highest BCUT2D eigenvalue weighted by Gasteiger charge is 2.04. The van der Waals surface area contributed by atoms with Gasteiger partial charge in [0.25, 0.3) is 0 Å². The predicted octanol–water partition coefficient (Wildman–Crippen LogP) is 3.52. The van der Waals surface area contributed by atoms with E-state index in [2.05, 4.69) is 20.9 Å². The summed E-state index contributed by atoms with van der Waals surface area (Å²) in [6, 6.07) is 4.67. The molecule has 2 N–H and O–H groups in total. The van der Waals surface area contributed by atoms with E-state index in [0.29, 0.717) is 9.64 Å². The zero-order chi connectivity index (χ0) is 9.84. The summed E-state index contributed by atoms with van der Waals surface area (Å²) in [7, 11) is 0. The van der Waals surface area contributed by atoms with Crippen LogP contribution in [0.2, 0.25) is 0 Å². The van der Waals surface area contributed by atoms with Gasteiger partial charge in [-0.25, -0.2) is 9.38 Å². The molecule has 0 bridgehead atoms. The van der Waals surface area contributed by atoms with Gasteiger partial charge in [-0.15, -0.1) is 24.0 Å². The minimum absolute atomic E-state index is 0. The average Bonchev–Trinajstić information content (AvgIpc) is 2.11. The lowest BCUT2D eigenvalue weighted by Crippen LogP contribution is -2.04. The van der Waals surface area contributed by atoms with Crippen molar-refractivity contribution in [2.75, 3.05) is 6.26 Å². The molecule has 78 valence electrons. The van der Waals surface area contributed by atoms with Gasteiger partial charge in [0.1, 0.15) is 11.5 Å². The molecule has 2 nitrogen and oxygen atoms in total. The zero-order valence-electron chi connectivity index (χ0n) is 7.33. The van der Waals surface area contributed by atoms with Crippen molar-refractivity contribution in [3.63, 3.8) is 0 Å². The lowest BCUT2D eigenvalue weighted by atomic mass is 10.3. The number of para-hydroxylation sites is 1. The normalized spacial score (nSPS) is 10.9. The van der Waals surface area contributed by atoms with Crippen LogP contribution in [0.3, 0.4) is 0 Å². The lowest BCUT2D eigenvalue weighted by molar-refractivity contribution is 0.629. The SMILES string of the molecule is CSC(N)=Nc1c(F)cccc1Br.I. The van der Waals surface area contributed by atoms with Gasteiger partial charge in [0.05, 0.1) is 0 Å². The molecule has 0 heterocycles. The summed E-state index contributed by atoms with van der Waals surface area (Å²) in [6.45, 7) is 0. The van der Waals surface area contributed by atoms with Crippen LogP contribution < -0.4 is 5.73 Å². The van der Waals surface area contributed by atoms with Gasteiger partial charge >= 0.3 is 0 Å². The molecule has 1 aromatic carbocycles. The Hall–Kier alpha value is 0.180. The van der Waals surface area contributed by atoms with Crippen molar-refractivity contribution >= 4 is 62.5 Å². The average molecular weight is 391 g/mol. The van der Waals surface area contributed by atoms with Crippen LogP contribution in [-0.2, 0) is 0 Å². The van der Waals surface area contributed by atoms with Gasteiger partial charge in [0.2, 0.25) is 0 Å². The molecule has 0 saturated carbocycles. The van der Waals surface area contributed by atoms with Gasteiger partial charge < -0.3 is 5.73 Å². The third kappa shape index (κ3) is 3.74. The first-order valence-electron chi connectivity index (χ1n) is 3.47. The Labute approximate surface area is 112 Å². The summed E-state index contributed by atoms with van der Waals surface area (Å²) in [5, 5.41) is 0.339. The molecule has 0 saturated heterocycles. The quantitative estimate of drug-likeness (QED) is 0.452. The summed E-state index contributed by atoms with van der Waals surface area (Å²) in [5.74, 6) is -0.383. The maximum absolute atomic E-state index is 13.1. The van der Waals surface area contributed by atoms with Crippen molar-refractivity contribution in [3.05, 3.63) is 28.5 Å². The molecule has 0 amide bonds. The molecule has 1 aromatic rings. The van der Waals surface area contributed by atoms with Crippen molar-refractivity contribution in [3.8, 4) is 0 Å². The van der Waals surface area contributed by atoms with E-state index >= 15 is 0 Å². The van der Waals surface area contributed by atoms with Gasteiger partial charge in [0, 0.05) is 4.47 Å². The highest BCUT2D eigenvalue weighted by atomic mass is 127. The Morgan fingerprint density at radius 2 is 2.21 bits per heavy atom. The number of hydrogen-bond acceptors (Lipinski definition) is 2. The van der Waals surface area contributed by atoms with E-state index < -0.39 is 0 Å². The monoisotopic (exact) mass is 390 g/mol. The van der Waals surface area contributed by atoms with Gasteiger partial charge in [-0.3, -0.25) is 0 Å². The van der Waals surface area contributed by atoms with E-state index in [0.717, 1.165) is 0 Å². The van der Waals surface area contributed by atoms with E-state index in [1.54, 1.807) is 18.4 Å². The number of aliphatic imine (C=N–C) groups is 1. The molecule has 0 atom stereocenters. The van der Waals surface area contributed by atoms with E-state index in [4.69, 9.17) is 5.73 Å². The number of rotatable bonds is 1. The van der Waals surface area contributed by atoms with Gasteiger partial charge in [-0.1, -0.05) is 17.8 Å². The fourth-order valence-electron chi connectivity index (χ4n) is 0.752. The lowest BCUT2D eigenvalue weighted by Gasteiger charge is -2.00. The molecular weight excluding hydrogens is 382 g/mol. The first-order valence-corrected chi connectivity index (χ1v) is 5.49. The van der Waals surface area contributed by atoms with Crippen molar-refractivity contribution in [1.29, 1.82) is 0 Å². The second-order valence-electron chi connectivity index (χ2n) is 2.22. The second kappa shape index (κ2) is 6.62. The molecule has 1 rings (SSSR count). The number of halogens is 3. The topological polar surface area (TPSA) is 38.4 Å². The summed E-state index contributed by atoms with van der Waals surface area (Å²) >= 11 is 4.47. The first kappa shape index (κ1) is 14.2. The zero-order valence-corrected chi connectivity index (χ0v) is 12.1. The van der Waals surface area contributed by atoms with Crippen molar-refractivity contribution in [2.24, 2.45) is 10.7 Å². The van der Waals surface area contributed by atoms with E-state index in [-0.39, 0.29) is 35.5 Å². The van der Waals surface area contributed by atoms with Gasteiger partial charge in [-0.2, -0.15) is 0 Å². The van der Waals surface area contributed by atoms with Crippen molar-refractivity contribution in [1.82, 2.24) is 0 Å². The third-order valence-electron chi connectivity index (χ3n) is 1.37. The number of hydrogen-bond donors (Lipinski definition) is 1. The molecule has 6 heteroatoms. The molecule has 0 aliphatic rings. The molecule has 0 fully saturated rings. The van der Waals surface area contributed by atoms with Crippen LogP contribution in [0.25, 0.3) is 0 Å². The molecule has 0 aliphatic carbocycles. The molecule has 0 unspecified atom stereocenters. The molecule has 0 aliphatic heterocycles. The number of nitrogens with zero attached hydrogens (tertiary/aromatic N) is 1. The van der Waals surface area contributed by atoms with Gasteiger partial charge in [0.15, 0.2) is 5.17 Å². The Morgan fingerprint density at radius 1 is 1.57 bits per heavy atom. The van der Waals surface area contributed by atoms with E-state index in [1.165, 1.54) is 17.8 Å². The Bertz CT molecular complexity index is 326. The second-order valence-corrected chi connectivity index (χ2v) is 3.91. The van der Waals surface area contributed by atoms with E-state index in [9.17, 15) is 4.39 Å².